The van der Waals surface area contributed by atoms with Crippen LogP contribution in [0.3, 0.4) is 0 Å². The summed E-state index contributed by atoms with van der Waals surface area (Å²) < 4.78 is 7.01. The van der Waals surface area contributed by atoms with Crippen molar-refractivity contribution in [2.45, 2.75) is 46.7 Å². The number of benzene rings is 2. The number of ether oxygens (including phenoxy) is 1. The summed E-state index contributed by atoms with van der Waals surface area (Å²) in [5, 5.41) is 0.595. The molecule has 0 spiro atoms. The number of para-hydroxylation sites is 1. The van der Waals surface area contributed by atoms with E-state index in [-0.39, 0.29) is 23.4 Å². The van der Waals surface area contributed by atoms with Crippen molar-refractivity contribution in [1.29, 1.82) is 0 Å². The number of carbonyl (C=O) groups excluding carboxylic acids is 1. The molecule has 0 fully saturated rings. The minimum atomic E-state index is -0.321. The van der Waals surface area contributed by atoms with Gasteiger partial charge in [-0.25, -0.2) is 4.98 Å². The Kier molecular flexibility index (Phi) is 7.10. The standard InChI is InChI=1S/C25H31N3O3/c1-6-22(23-26-21-14-9-8-13-20(21)25(30)27(23)7-2)28(16-17(3)4)24(29)18-11-10-12-19(15-18)31-5/h8-15,17,22H,6-7,16H2,1-5H3. The molecule has 1 heterocycles. The van der Waals surface area contributed by atoms with Gasteiger partial charge in [0.2, 0.25) is 0 Å². The van der Waals surface area contributed by atoms with E-state index in [0.29, 0.717) is 47.6 Å². The average molecular weight is 422 g/mol. The molecule has 0 saturated heterocycles. The number of carbonyl (C=O) groups is 1. The van der Waals surface area contributed by atoms with E-state index in [1.165, 1.54) is 0 Å². The van der Waals surface area contributed by atoms with Gasteiger partial charge in [0.15, 0.2) is 0 Å². The molecule has 0 saturated carbocycles. The monoisotopic (exact) mass is 421 g/mol. The normalized spacial score (nSPS) is 12.2. The molecule has 0 N–H and O–H groups in total. The van der Waals surface area contributed by atoms with Crippen LogP contribution in [0.5, 0.6) is 5.75 Å². The fraction of sp³-hybridized carbons (Fsp3) is 0.400. The summed E-state index contributed by atoms with van der Waals surface area (Å²) >= 11 is 0. The SMILES string of the molecule is CCC(c1nc2ccccc2c(=O)n1CC)N(CC(C)C)C(=O)c1cccc(OC)c1. The zero-order valence-corrected chi connectivity index (χ0v) is 19.0. The molecule has 2 aromatic carbocycles. The Balaban J connectivity index is 2.15. The molecule has 0 aliphatic carbocycles. The zero-order chi connectivity index (χ0) is 22.5. The van der Waals surface area contributed by atoms with Gasteiger partial charge in [-0.15, -0.1) is 0 Å². The van der Waals surface area contributed by atoms with Gasteiger partial charge in [0, 0.05) is 18.7 Å². The second-order valence-electron chi connectivity index (χ2n) is 8.04. The van der Waals surface area contributed by atoms with E-state index >= 15 is 0 Å². The maximum absolute atomic E-state index is 13.6. The molecule has 1 aromatic heterocycles. The molecule has 31 heavy (non-hydrogen) atoms. The minimum absolute atomic E-state index is 0.0696. The Morgan fingerprint density at radius 1 is 1.13 bits per heavy atom. The van der Waals surface area contributed by atoms with Crippen LogP contribution >= 0.6 is 0 Å². The third-order valence-corrected chi connectivity index (χ3v) is 5.41. The van der Waals surface area contributed by atoms with Crippen molar-refractivity contribution in [1.82, 2.24) is 14.5 Å². The summed E-state index contributed by atoms with van der Waals surface area (Å²) in [6.45, 7) is 9.17. The Bertz CT molecular complexity index is 1120. The largest absolute Gasteiger partial charge is 0.497 e. The van der Waals surface area contributed by atoms with Crippen LogP contribution < -0.4 is 10.3 Å². The first-order valence-electron chi connectivity index (χ1n) is 10.9. The summed E-state index contributed by atoms with van der Waals surface area (Å²) in [5.74, 6) is 1.43. The Morgan fingerprint density at radius 2 is 1.87 bits per heavy atom. The van der Waals surface area contributed by atoms with Gasteiger partial charge < -0.3 is 9.64 Å². The molecular formula is C25H31N3O3. The Labute approximate surface area is 183 Å². The highest BCUT2D eigenvalue weighted by Gasteiger charge is 2.29. The van der Waals surface area contributed by atoms with Gasteiger partial charge in [-0.3, -0.25) is 14.2 Å². The number of methoxy groups -OCH3 is 1. The molecule has 6 nitrogen and oxygen atoms in total. The van der Waals surface area contributed by atoms with Crippen molar-refractivity contribution in [3.63, 3.8) is 0 Å². The maximum Gasteiger partial charge on any atom is 0.261 e. The van der Waals surface area contributed by atoms with E-state index in [1.54, 1.807) is 29.9 Å². The van der Waals surface area contributed by atoms with Crippen LogP contribution in [0, 0.1) is 5.92 Å². The second-order valence-corrected chi connectivity index (χ2v) is 8.04. The van der Waals surface area contributed by atoms with Crippen LogP contribution in [0.1, 0.15) is 56.3 Å². The van der Waals surface area contributed by atoms with Gasteiger partial charge in [-0.1, -0.05) is 39.0 Å². The molecule has 1 atom stereocenters. The van der Waals surface area contributed by atoms with Gasteiger partial charge in [-0.2, -0.15) is 0 Å². The van der Waals surface area contributed by atoms with Gasteiger partial charge in [0.1, 0.15) is 11.6 Å². The van der Waals surface area contributed by atoms with E-state index in [4.69, 9.17) is 9.72 Å². The number of rotatable bonds is 8. The van der Waals surface area contributed by atoms with Crippen LogP contribution in [0.15, 0.2) is 53.3 Å². The summed E-state index contributed by atoms with van der Waals surface area (Å²) in [6, 6.07) is 14.2. The van der Waals surface area contributed by atoms with Crippen molar-refractivity contribution in [2.24, 2.45) is 5.92 Å². The number of hydrogen-bond acceptors (Lipinski definition) is 4. The van der Waals surface area contributed by atoms with Crippen LogP contribution in [0.4, 0.5) is 0 Å². The van der Waals surface area contributed by atoms with Crippen LogP contribution in [-0.2, 0) is 6.54 Å². The number of hydrogen-bond donors (Lipinski definition) is 0. The number of aromatic nitrogens is 2. The predicted octanol–water partition coefficient (Wildman–Crippen LogP) is 4.67. The fourth-order valence-electron chi connectivity index (χ4n) is 3.95. The van der Waals surface area contributed by atoms with Gasteiger partial charge in [0.25, 0.3) is 11.5 Å². The quantitative estimate of drug-likeness (QED) is 0.530. The topological polar surface area (TPSA) is 64.4 Å². The molecule has 3 rings (SSSR count). The first kappa shape index (κ1) is 22.5. The molecular weight excluding hydrogens is 390 g/mol. The summed E-state index contributed by atoms with van der Waals surface area (Å²) in [5.41, 5.74) is 1.15. The van der Waals surface area contributed by atoms with Crippen molar-refractivity contribution in [3.8, 4) is 5.75 Å². The third-order valence-electron chi connectivity index (χ3n) is 5.41. The summed E-state index contributed by atoms with van der Waals surface area (Å²) in [6.07, 6.45) is 0.646. The van der Waals surface area contributed by atoms with Crippen LogP contribution in [0.2, 0.25) is 0 Å². The summed E-state index contributed by atoms with van der Waals surface area (Å²) in [7, 11) is 1.59. The Hall–Kier alpha value is -3.15. The van der Waals surface area contributed by atoms with Crippen molar-refractivity contribution >= 4 is 16.8 Å². The molecule has 164 valence electrons. The lowest BCUT2D eigenvalue weighted by Crippen LogP contribution is -2.40. The molecule has 0 bridgehead atoms. The zero-order valence-electron chi connectivity index (χ0n) is 19.0. The molecule has 0 radical (unpaired) electrons. The Morgan fingerprint density at radius 3 is 2.52 bits per heavy atom. The third kappa shape index (κ3) is 4.63. The molecule has 0 aliphatic heterocycles. The second kappa shape index (κ2) is 9.77. The lowest BCUT2D eigenvalue weighted by molar-refractivity contribution is 0.0628. The van der Waals surface area contributed by atoms with Crippen molar-refractivity contribution in [2.75, 3.05) is 13.7 Å². The maximum atomic E-state index is 13.6. The van der Waals surface area contributed by atoms with E-state index in [2.05, 4.69) is 13.8 Å². The predicted molar refractivity (Wildman–Crippen MR) is 124 cm³/mol. The smallest absolute Gasteiger partial charge is 0.261 e. The highest BCUT2D eigenvalue weighted by atomic mass is 16.5. The molecule has 1 unspecified atom stereocenters. The highest BCUT2D eigenvalue weighted by Crippen LogP contribution is 2.27. The molecule has 3 aromatic rings. The van der Waals surface area contributed by atoms with Crippen LogP contribution in [-0.4, -0.2) is 34.0 Å². The van der Waals surface area contributed by atoms with Gasteiger partial charge in [0.05, 0.1) is 24.1 Å². The minimum Gasteiger partial charge on any atom is -0.497 e. The van der Waals surface area contributed by atoms with Gasteiger partial charge >= 0.3 is 0 Å². The molecule has 6 heteroatoms. The van der Waals surface area contributed by atoms with E-state index in [1.807, 2.05) is 49.1 Å². The molecule has 1 amide bonds. The number of amides is 1. The summed E-state index contributed by atoms with van der Waals surface area (Å²) in [4.78, 5) is 33.5. The highest BCUT2D eigenvalue weighted by molar-refractivity contribution is 5.95. The van der Waals surface area contributed by atoms with E-state index < -0.39 is 0 Å². The molecule has 0 aliphatic rings. The first-order valence-corrected chi connectivity index (χ1v) is 10.9. The van der Waals surface area contributed by atoms with E-state index in [0.717, 1.165) is 0 Å². The van der Waals surface area contributed by atoms with Crippen molar-refractivity contribution < 1.29 is 9.53 Å². The lowest BCUT2D eigenvalue weighted by Gasteiger charge is -2.33. The number of nitrogens with zero attached hydrogens (tertiary/aromatic N) is 3. The van der Waals surface area contributed by atoms with E-state index in [9.17, 15) is 9.59 Å². The number of fused-ring (bicyclic) bond motifs is 1. The average Bonchev–Trinajstić information content (AvgIpc) is 2.78. The van der Waals surface area contributed by atoms with Crippen LogP contribution in [0.25, 0.3) is 10.9 Å². The fourth-order valence-corrected chi connectivity index (χ4v) is 3.95. The van der Waals surface area contributed by atoms with Gasteiger partial charge in [-0.05, 0) is 49.6 Å². The first-order chi connectivity index (χ1) is 14.9. The lowest BCUT2D eigenvalue weighted by atomic mass is 10.1. The van der Waals surface area contributed by atoms with Crippen molar-refractivity contribution in [3.05, 3.63) is 70.3 Å².